The zero-order valence-electron chi connectivity index (χ0n) is 14.5. The second kappa shape index (κ2) is 6.12. The third kappa shape index (κ3) is 3.13. The number of nitrogens with zero attached hydrogens (tertiary/aromatic N) is 4. The van der Waals surface area contributed by atoms with Crippen molar-refractivity contribution in [1.82, 2.24) is 25.1 Å². The Morgan fingerprint density at radius 3 is 2.71 bits per heavy atom. The molecule has 2 atom stereocenters. The molecular formula is C17H24N6O. The van der Waals surface area contributed by atoms with Gasteiger partial charge >= 0.3 is 0 Å². The average molecular weight is 328 g/mol. The topological polar surface area (TPSA) is 88.6 Å². The normalized spacial score (nSPS) is 23.6. The van der Waals surface area contributed by atoms with E-state index in [2.05, 4.69) is 30.5 Å². The lowest BCUT2D eigenvalue weighted by Crippen LogP contribution is -2.20. The minimum Gasteiger partial charge on any atom is -0.367 e. The predicted molar refractivity (Wildman–Crippen MR) is 89.9 cm³/mol. The summed E-state index contributed by atoms with van der Waals surface area (Å²) in [6.07, 6.45) is 4.62. The minimum absolute atomic E-state index is 0.0340. The van der Waals surface area contributed by atoms with E-state index in [9.17, 15) is 0 Å². The van der Waals surface area contributed by atoms with Crippen molar-refractivity contribution in [1.29, 1.82) is 0 Å². The first-order chi connectivity index (χ1) is 11.6. The number of rotatable bonds is 5. The zero-order chi connectivity index (χ0) is 16.7. The molecule has 2 aromatic rings. The molecule has 3 heterocycles. The number of hydrogen-bond donors (Lipinski definition) is 2. The molecule has 1 saturated carbocycles. The molecule has 0 amide bonds. The van der Waals surface area contributed by atoms with Gasteiger partial charge in [-0.3, -0.25) is 5.10 Å². The largest absolute Gasteiger partial charge is 0.367 e. The molecule has 7 nitrogen and oxygen atoms in total. The molecule has 2 aromatic heterocycles. The van der Waals surface area contributed by atoms with Crippen LogP contribution in [0.2, 0.25) is 0 Å². The number of anilines is 1. The fourth-order valence-electron chi connectivity index (χ4n) is 3.16. The maximum absolute atomic E-state index is 6.14. The number of nitrogens with one attached hydrogen (secondary N) is 2. The first-order valence-electron chi connectivity index (χ1n) is 8.73. The Hall–Kier alpha value is -2.02. The number of H-pyrrole nitrogens is 1. The van der Waals surface area contributed by atoms with Crippen molar-refractivity contribution in [2.75, 3.05) is 11.9 Å². The summed E-state index contributed by atoms with van der Waals surface area (Å²) in [6.45, 7) is 6.72. The molecule has 0 radical (unpaired) electrons. The van der Waals surface area contributed by atoms with Gasteiger partial charge in [-0.2, -0.15) is 5.10 Å². The van der Waals surface area contributed by atoms with Gasteiger partial charge < -0.3 is 10.1 Å². The highest BCUT2D eigenvalue weighted by Crippen LogP contribution is 2.39. The summed E-state index contributed by atoms with van der Waals surface area (Å²) < 4.78 is 6.14. The van der Waals surface area contributed by atoms with E-state index in [0.29, 0.717) is 5.92 Å². The Labute approximate surface area is 141 Å². The van der Waals surface area contributed by atoms with Crippen molar-refractivity contribution in [3.05, 3.63) is 28.7 Å². The fourth-order valence-corrected chi connectivity index (χ4v) is 3.16. The Morgan fingerprint density at radius 2 is 1.92 bits per heavy atom. The van der Waals surface area contributed by atoms with Gasteiger partial charge in [0.05, 0.1) is 6.10 Å². The maximum Gasteiger partial charge on any atom is 0.153 e. The third-order valence-electron chi connectivity index (χ3n) is 4.87. The van der Waals surface area contributed by atoms with E-state index < -0.39 is 0 Å². The van der Waals surface area contributed by atoms with E-state index in [1.165, 1.54) is 12.8 Å². The van der Waals surface area contributed by atoms with Crippen molar-refractivity contribution in [2.45, 2.75) is 64.6 Å². The van der Waals surface area contributed by atoms with Crippen LogP contribution in [0.15, 0.2) is 0 Å². The summed E-state index contributed by atoms with van der Waals surface area (Å²) in [5.41, 5.74) is 2.11. The van der Waals surface area contributed by atoms with Crippen LogP contribution in [0.4, 0.5) is 5.82 Å². The van der Waals surface area contributed by atoms with Gasteiger partial charge in [0.15, 0.2) is 11.6 Å². The van der Waals surface area contributed by atoms with Crippen LogP contribution in [0.5, 0.6) is 0 Å². The van der Waals surface area contributed by atoms with Gasteiger partial charge in [-0.05, 0) is 46.5 Å². The lowest BCUT2D eigenvalue weighted by Gasteiger charge is -2.15. The van der Waals surface area contributed by atoms with Crippen LogP contribution in [0.3, 0.4) is 0 Å². The molecule has 1 aliphatic carbocycles. The van der Waals surface area contributed by atoms with Crippen LogP contribution < -0.4 is 5.32 Å². The Morgan fingerprint density at radius 1 is 1.08 bits per heavy atom. The summed E-state index contributed by atoms with van der Waals surface area (Å²) in [6, 6.07) is 0. The summed E-state index contributed by atoms with van der Waals surface area (Å²) in [5.74, 6) is 4.10. The molecule has 0 unspecified atom stereocenters. The number of aromatic amines is 1. The molecule has 128 valence electrons. The summed E-state index contributed by atoms with van der Waals surface area (Å²) in [5, 5.41) is 10.8. The molecule has 2 aliphatic rings. The van der Waals surface area contributed by atoms with Gasteiger partial charge in [0.2, 0.25) is 0 Å². The minimum atomic E-state index is 0.0340. The molecule has 1 aliphatic heterocycles. The molecule has 0 bridgehead atoms. The van der Waals surface area contributed by atoms with Crippen molar-refractivity contribution in [3.8, 4) is 0 Å². The number of hydrogen-bond acceptors (Lipinski definition) is 6. The molecule has 1 saturated heterocycles. The van der Waals surface area contributed by atoms with Gasteiger partial charge in [0.1, 0.15) is 17.7 Å². The van der Waals surface area contributed by atoms with Crippen LogP contribution in [0.25, 0.3) is 0 Å². The van der Waals surface area contributed by atoms with E-state index >= 15 is 0 Å². The SMILES string of the molecule is Cc1nc(C)c(C)c(NC[C@H]2CC[C@@H](c3nc(C4CC4)n[nH]3)O2)n1. The van der Waals surface area contributed by atoms with E-state index in [1.54, 1.807) is 0 Å². The van der Waals surface area contributed by atoms with Crippen molar-refractivity contribution in [3.63, 3.8) is 0 Å². The molecular weight excluding hydrogens is 304 g/mol. The third-order valence-corrected chi connectivity index (χ3v) is 4.87. The first kappa shape index (κ1) is 15.5. The molecule has 2 N–H and O–H groups in total. The van der Waals surface area contributed by atoms with Gasteiger partial charge in [-0.15, -0.1) is 0 Å². The molecule has 0 spiro atoms. The molecule has 0 aromatic carbocycles. The van der Waals surface area contributed by atoms with Crippen LogP contribution >= 0.6 is 0 Å². The standard InChI is InChI=1S/C17H24N6O/c1-9-10(2)19-11(3)20-15(9)18-8-13-6-7-14(24-13)17-21-16(22-23-17)12-4-5-12/h12-14H,4-8H2,1-3H3,(H,18,19,20)(H,21,22,23)/t13-,14+/m1/s1. The fraction of sp³-hybridized carbons (Fsp3) is 0.647. The van der Waals surface area contributed by atoms with Crippen LogP contribution in [0, 0.1) is 20.8 Å². The summed E-state index contributed by atoms with van der Waals surface area (Å²) in [4.78, 5) is 13.5. The highest BCUT2D eigenvalue weighted by Gasteiger charge is 2.32. The predicted octanol–water partition coefficient (Wildman–Crippen LogP) is 2.73. The maximum atomic E-state index is 6.14. The summed E-state index contributed by atoms with van der Waals surface area (Å²) >= 11 is 0. The van der Waals surface area contributed by atoms with E-state index in [0.717, 1.165) is 53.9 Å². The Kier molecular flexibility index (Phi) is 3.96. The smallest absolute Gasteiger partial charge is 0.153 e. The average Bonchev–Trinajstić information content (AvgIpc) is 3.10. The number of aromatic nitrogens is 5. The van der Waals surface area contributed by atoms with Gasteiger partial charge in [0, 0.05) is 23.7 Å². The van der Waals surface area contributed by atoms with E-state index in [4.69, 9.17) is 4.74 Å². The van der Waals surface area contributed by atoms with E-state index in [1.807, 2.05) is 20.8 Å². The second-order valence-electron chi connectivity index (χ2n) is 6.89. The lowest BCUT2D eigenvalue weighted by atomic mass is 10.2. The quantitative estimate of drug-likeness (QED) is 0.877. The first-order valence-corrected chi connectivity index (χ1v) is 8.73. The van der Waals surface area contributed by atoms with E-state index in [-0.39, 0.29) is 12.2 Å². The molecule has 24 heavy (non-hydrogen) atoms. The number of ether oxygens (including phenoxy) is 1. The van der Waals surface area contributed by atoms with Crippen molar-refractivity contribution in [2.24, 2.45) is 0 Å². The Balaban J connectivity index is 1.35. The second-order valence-corrected chi connectivity index (χ2v) is 6.89. The van der Waals surface area contributed by atoms with Gasteiger partial charge in [0.25, 0.3) is 0 Å². The number of aryl methyl sites for hydroxylation is 2. The molecule has 7 heteroatoms. The summed E-state index contributed by atoms with van der Waals surface area (Å²) in [7, 11) is 0. The van der Waals surface area contributed by atoms with Gasteiger partial charge in [-0.25, -0.2) is 15.0 Å². The van der Waals surface area contributed by atoms with Crippen LogP contribution in [0.1, 0.15) is 66.4 Å². The molecule has 2 fully saturated rings. The highest BCUT2D eigenvalue weighted by atomic mass is 16.5. The van der Waals surface area contributed by atoms with Crippen molar-refractivity contribution < 1.29 is 4.74 Å². The Bertz CT molecular complexity index is 739. The lowest BCUT2D eigenvalue weighted by molar-refractivity contribution is 0.0471. The van der Waals surface area contributed by atoms with Gasteiger partial charge in [-0.1, -0.05) is 0 Å². The highest BCUT2D eigenvalue weighted by molar-refractivity contribution is 5.45. The zero-order valence-corrected chi connectivity index (χ0v) is 14.5. The monoisotopic (exact) mass is 328 g/mol. The molecule has 4 rings (SSSR count). The van der Waals surface area contributed by atoms with Crippen LogP contribution in [-0.4, -0.2) is 37.8 Å². The van der Waals surface area contributed by atoms with Crippen LogP contribution in [-0.2, 0) is 4.74 Å². The van der Waals surface area contributed by atoms with Crippen molar-refractivity contribution >= 4 is 5.82 Å².